The van der Waals surface area contributed by atoms with Crippen LogP contribution in [0.5, 0.6) is 0 Å². The maximum absolute atomic E-state index is 13.6. The van der Waals surface area contributed by atoms with Gasteiger partial charge in [-0.25, -0.2) is 14.2 Å². The Bertz CT molecular complexity index is 870. The van der Waals surface area contributed by atoms with Gasteiger partial charge in [0.1, 0.15) is 30.9 Å². The SMILES string of the molecule is O=Cc1ccnc(NC(=O)[C@@H](NC(=O)OCc2ccccc2)C2CCC(F)CC2)c1. The van der Waals surface area contributed by atoms with Crippen LogP contribution < -0.4 is 10.6 Å². The minimum absolute atomic E-state index is 0.0706. The highest BCUT2D eigenvalue weighted by Crippen LogP contribution is 2.29. The summed E-state index contributed by atoms with van der Waals surface area (Å²) in [5.41, 5.74) is 1.19. The van der Waals surface area contributed by atoms with E-state index in [0.29, 0.717) is 37.5 Å². The van der Waals surface area contributed by atoms with E-state index in [-0.39, 0.29) is 18.3 Å². The number of anilines is 1. The smallest absolute Gasteiger partial charge is 0.408 e. The summed E-state index contributed by atoms with van der Waals surface area (Å²) < 4.78 is 18.8. The molecule has 158 valence electrons. The summed E-state index contributed by atoms with van der Waals surface area (Å²) in [7, 11) is 0. The van der Waals surface area contributed by atoms with E-state index in [1.807, 2.05) is 30.3 Å². The number of carbonyl (C=O) groups is 3. The highest BCUT2D eigenvalue weighted by atomic mass is 19.1. The Morgan fingerprint density at radius 1 is 1.17 bits per heavy atom. The Labute approximate surface area is 174 Å². The number of nitrogens with one attached hydrogen (secondary N) is 2. The second-order valence-corrected chi connectivity index (χ2v) is 7.28. The number of ether oxygens (including phenoxy) is 1. The van der Waals surface area contributed by atoms with Gasteiger partial charge in [-0.05, 0) is 49.3 Å². The number of aromatic nitrogens is 1. The van der Waals surface area contributed by atoms with Gasteiger partial charge in [-0.1, -0.05) is 30.3 Å². The third-order valence-corrected chi connectivity index (χ3v) is 5.11. The number of alkyl halides is 1. The van der Waals surface area contributed by atoms with Crippen molar-refractivity contribution in [1.29, 1.82) is 0 Å². The molecular formula is C22H24FN3O4. The Kier molecular flexibility index (Phi) is 7.48. The molecule has 1 aliphatic rings. The first kappa shape index (κ1) is 21.4. The predicted octanol–water partition coefficient (Wildman–Crippen LogP) is 3.66. The van der Waals surface area contributed by atoms with E-state index in [1.165, 1.54) is 18.3 Å². The second kappa shape index (κ2) is 10.5. The second-order valence-electron chi connectivity index (χ2n) is 7.28. The van der Waals surface area contributed by atoms with Crippen LogP contribution in [0.3, 0.4) is 0 Å². The standard InChI is InChI=1S/C22H24FN3O4/c23-18-8-6-17(7-9-18)20(21(28)25-19-12-16(13-27)10-11-24-19)26-22(29)30-14-15-4-2-1-3-5-15/h1-5,10-13,17-18,20H,6-9,14H2,(H,26,29)(H,24,25,28)/t17?,18?,20-/m0/s1. The zero-order valence-electron chi connectivity index (χ0n) is 16.4. The Balaban J connectivity index is 1.66. The van der Waals surface area contributed by atoms with Crippen LogP contribution in [0.4, 0.5) is 15.0 Å². The summed E-state index contributed by atoms with van der Waals surface area (Å²) in [6, 6.07) is 11.2. The number of aldehydes is 1. The van der Waals surface area contributed by atoms with E-state index >= 15 is 0 Å². The first-order valence-electron chi connectivity index (χ1n) is 9.88. The maximum Gasteiger partial charge on any atom is 0.408 e. The average molecular weight is 413 g/mol. The fourth-order valence-electron chi connectivity index (χ4n) is 3.49. The zero-order chi connectivity index (χ0) is 21.3. The van der Waals surface area contributed by atoms with Crippen LogP contribution in [0, 0.1) is 5.92 Å². The van der Waals surface area contributed by atoms with Crippen molar-refractivity contribution in [3.63, 3.8) is 0 Å². The van der Waals surface area contributed by atoms with Crippen molar-refractivity contribution in [2.45, 2.75) is 44.5 Å². The van der Waals surface area contributed by atoms with Crippen LogP contribution in [-0.4, -0.2) is 35.5 Å². The molecule has 2 aromatic rings. The van der Waals surface area contributed by atoms with E-state index in [1.54, 1.807) is 0 Å². The number of hydrogen-bond donors (Lipinski definition) is 2. The molecule has 0 spiro atoms. The molecule has 0 bridgehead atoms. The fourth-order valence-corrected chi connectivity index (χ4v) is 3.49. The molecule has 1 saturated carbocycles. The van der Waals surface area contributed by atoms with Crippen molar-refractivity contribution in [1.82, 2.24) is 10.3 Å². The molecule has 1 atom stereocenters. The van der Waals surface area contributed by atoms with E-state index in [9.17, 15) is 18.8 Å². The van der Waals surface area contributed by atoms with E-state index in [4.69, 9.17) is 4.74 Å². The number of halogens is 1. The molecule has 1 heterocycles. The highest BCUT2D eigenvalue weighted by molar-refractivity contribution is 5.96. The number of amides is 2. The van der Waals surface area contributed by atoms with Gasteiger partial charge in [-0.15, -0.1) is 0 Å². The van der Waals surface area contributed by atoms with Crippen LogP contribution >= 0.6 is 0 Å². The lowest BCUT2D eigenvalue weighted by Crippen LogP contribution is -2.49. The molecule has 1 fully saturated rings. The summed E-state index contributed by atoms with van der Waals surface area (Å²) in [6.45, 7) is 0.0706. The van der Waals surface area contributed by atoms with E-state index in [2.05, 4.69) is 15.6 Å². The molecule has 1 aliphatic carbocycles. The molecule has 3 rings (SSSR count). The maximum atomic E-state index is 13.6. The van der Waals surface area contributed by atoms with Crippen LogP contribution in [0.2, 0.25) is 0 Å². The lowest BCUT2D eigenvalue weighted by atomic mass is 9.82. The van der Waals surface area contributed by atoms with Gasteiger partial charge in [0.15, 0.2) is 0 Å². The zero-order valence-corrected chi connectivity index (χ0v) is 16.4. The third-order valence-electron chi connectivity index (χ3n) is 5.11. The molecule has 0 saturated heterocycles. The van der Waals surface area contributed by atoms with Crippen LogP contribution in [-0.2, 0) is 16.1 Å². The molecular weight excluding hydrogens is 389 g/mol. The molecule has 0 radical (unpaired) electrons. The normalized spacial score (nSPS) is 19.4. The first-order chi connectivity index (χ1) is 14.5. The Hall–Kier alpha value is -3.29. The summed E-state index contributed by atoms with van der Waals surface area (Å²) in [6.07, 6.45) is 2.07. The lowest BCUT2D eigenvalue weighted by Gasteiger charge is -2.31. The molecule has 1 aromatic heterocycles. The van der Waals surface area contributed by atoms with Crippen LogP contribution in [0.1, 0.15) is 41.6 Å². The highest BCUT2D eigenvalue weighted by Gasteiger charge is 2.34. The third kappa shape index (κ3) is 6.10. The lowest BCUT2D eigenvalue weighted by molar-refractivity contribution is -0.119. The summed E-state index contributed by atoms with van der Waals surface area (Å²) in [4.78, 5) is 40.2. The van der Waals surface area contributed by atoms with Crippen molar-refractivity contribution in [2.75, 3.05) is 5.32 Å². The van der Waals surface area contributed by atoms with Crippen molar-refractivity contribution < 1.29 is 23.5 Å². The molecule has 1 aromatic carbocycles. The van der Waals surface area contributed by atoms with Crippen molar-refractivity contribution in [2.24, 2.45) is 5.92 Å². The first-order valence-corrected chi connectivity index (χ1v) is 9.88. The van der Waals surface area contributed by atoms with E-state index in [0.717, 1.165) is 5.56 Å². The van der Waals surface area contributed by atoms with Gasteiger partial charge in [0.25, 0.3) is 0 Å². The van der Waals surface area contributed by atoms with E-state index < -0.39 is 24.2 Å². The van der Waals surface area contributed by atoms with Gasteiger partial charge in [-0.2, -0.15) is 0 Å². The number of nitrogens with zero attached hydrogens (tertiary/aromatic N) is 1. The summed E-state index contributed by atoms with van der Waals surface area (Å²) in [5.74, 6) is -0.506. The van der Waals surface area contributed by atoms with Crippen molar-refractivity contribution in [3.8, 4) is 0 Å². The molecule has 0 aliphatic heterocycles. The number of rotatable bonds is 7. The van der Waals surface area contributed by atoms with Crippen LogP contribution in [0.15, 0.2) is 48.7 Å². The summed E-state index contributed by atoms with van der Waals surface area (Å²) in [5, 5.41) is 5.26. The van der Waals surface area contributed by atoms with Crippen LogP contribution in [0.25, 0.3) is 0 Å². The molecule has 8 heteroatoms. The molecule has 7 nitrogen and oxygen atoms in total. The van der Waals surface area contributed by atoms with Crippen molar-refractivity contribution >= 4 is 24.1 Å². The molecule has 30 heavy (non-hydrogen) atoms. The average Bonchev–Trinajstić information content (AvgIpc) is 2.77. The number of hydrogen-bond acceptors (Lipinski definition) is 5. The van der Waals surface area contributed by atoms with Gasteiger partial charge >= 0.3 is 6.09 Å². The van der Waals surface area contributed by atoms with Gasteiger partial charge in [-0.3, -0.25) is 9.59 Å². The number of benzene rings is 1. The van der Waals surface area contributed by atoms with Gasteiger partial charge in [0, 0.05) is 11.8 Å². The number of alkyl carbamates (subject to hydrolysis) is 1. The van der Waals surface area contributed by atoms with Gasteiger partial charge in [0.05, 0.1) is 0 Å². The topological polar surface area (TPSA) is 97.4 Å². The Morgan fingerprint density at radius 2 is 1.90 bits per heavy atom. The minimum Gasteiger partial charge on any atom is -0.445 e. The molecule has 2 N–H and O–H groups in total. The molecule has 2 amide bonds. The number of pyridine rings is 1. The molecule has 0 unspecified atom stereocenters. The van der Waals surface area contributed by atoms with Gasteiger partial charge in [0.2, 0.25) is 5.91 Å². The summed E-state index contributed by atoms with van der Waals surface area (Å²) >= 11 is 0. The number of carbonyl (C=O) groups excluding carboxylic acids is 3. The monoisotopic (exact) mass is 413 g/mol. The Morgan fingerprint density at radius 3 is 2.60 bits per heavy atom. The van der Waals surface area contributed by atoms with Gasteiger partial charge < -0.3 is 15.4 Å². The quantitative estimate of drug-likeness (QED) is 0.675. The largest absolute Gasteiger partial charge is 0.445 e. The minimum atomic E-state index is -0.900. The predicted molar refractivity (Wildman–Crippen MR) is 109 cm³/mol. The van der Waals surface area contributed by atoms with Crippen molar-refractivity contribution in [3.05, 3.63) is 59.8 Å². The fraction of sp³-hybridized carbons (Fsp3) is 0.364.